The molecule has 1 heterocycles. The van der Waals surface area contributed by atoms with E-state index in [0.29, 0.717) is 11.1 Å². The number of hydrogen-bond acceptors (Lipinski definition) is 2. The predicted molar refractivity (Wildman–Crippen MR) is 94.7 cm³/mol. The van der Waals surface area contributed by atoms with Crippen LogP contribution in [0.25, 0.3) is 10.9 Å². The third-order valence-corrected chi connectivity index (χ3v) is 4.46. The fraction of sp³-hybridized carbons (Fsp3) is 0.250. The number of hydrogen-bond donors (Lipinski definition) is 2. The van der Waals surface area contributed by atoms with Gasteiger partial charge in [-0.05, 0) is 32.9 Å². The number of Topliss-reactive ketones (excluding diaryl/α,β-unsaturated/α-hetero) is 1. The van der Waals surface area contributed by atoms with Crippen molar-refractivity contribution in [3.63, 3.8) is 0 Å². The van der Waals surface area contributed by atoms with Crippen molar-refractivity contribution < 1.29 is 13.6 Å². The van der Waals surface area contributed by atoms with Gasteiger partial charge in [0.25, 0.3) is 0 Å². The van der Waals surface area contributed by atoms with Crippen molar-refractivity contribution in [2.24, 2.45) is 0 Å². The van der Waals surface area contributed by atoms with Crippen molar-refractivity contribution in [2.75, 3.05) is 0 Å². The minimum atomic E-state index is -0.622. The Bertz CT molecular complexity index is 933. The molecule has 0 aliphatic rings. The molecule has 130 valence electrons. The van der Waals surface area contributed by atoms with Crippen LogP contribution in [0.5, 0.6) is 0 Å². The molecule has 2 N–H and O–H groups in total. The van der Waals surface area contributed by atoms with Crippen molar-refractivity contribution in [3.05, 3.63) is 70.9 Å². The highest BCUT2D eigenvalue weighted by Gasteiger charge is 2.23. The largest absolute Gasteiger partial charge is 0.358 e. The molecule has 0 aliphatic heterocycles. The standard InChI is InChI=1S/C20H20F2N2O/c1-11(15-9-8-14(21)10-17(15)22)23-13(3)20(25)19-12(2)24-18-7-5-4-6-16(18)19/h4-11,13,23-24H,1-3H3/t11-,13+/m0/s1. The van der Waals surface area contributed by atoms with E-state index in [4.69, 9.17) is 0 Å². The molecule has 0 unspecified atom stereocenters. The monoisotopic (exact) mass is 342 g/mol. The summed E-state index contributed by atoms with van der Waals surface area (Å²) in [4.78, 5) is 16.1. The lowest BCUT2D eigenvalue weighted by Crippen LogP contribution is -2.36. The molecule has 2 aromatic carbocycles. The Kier molecular flexibility index (Phi) is 4.68. The minimum Gasteiger partial charge on any atom is -0.358 e. The van der Waals surface area contributed by atoms with Gasteiger partial charge in [0.15, 0.2) is 5.78 Å². The number of ketones is 1. The van der Waals surface area contributed by atoms with Crippen LogP contribution in [0.1, 0.15) is 41.5 Å². The van der Waals surface area contributed by atoms with Gasteiger partial charge >= 0.3 is 0 Å². The molecule has 0 saturated heterocycles. The average Bonchev–Trinajstić information content (AvgIpc) is 2.89. The van der Waals surface area contributed by atoms with Crippen molar-refractivity contribution in [1.29, 1.82) is 0 Å². The molecule has 0 amide bonds. The highest BCUT2D eigenvalue weighted by atomic mass is 19.1. The first-order valence-corrected chi connectivity index (χ1v) is 8.21. The van der Waals surface area contributed by atoms with Crippen molar-refractivity contribution in [3.8, 4) is 0 Å². The number of halogens is 2. The van der Waals surface area contributed by atoms with Crippen LogP contribution in [0.4, 0.5) is 8.78 Å². The Morgan fingerprint density at radius 2 is 1.84 bits per heavy atom. The second-order valence-electron chi connectivity index (χ2n) is 6.31. The van der Waals surface area contributed by atoms with E-state index >= 15 is 0 Å². The quantitative estimate of drug-likeness (QED) is 0.662. The number of para-hydroxylation sites is 1. The van der Waals surface area contributed by atoms with Gasteiger partial charge in [-0.1, -0.05) is 24.3 Å². The van der Waals surface area contributed by atoms with Crippen molar-refractivity contribution in [1.82, 2.24) is 10.3 Å². The molecule has 0 radical (unpaired) electrons. The normalized spacial score (nSPS) is 13.8. The minimum absolute atomic E-state index is 0.0654. The number of H-pyrrole nitrogens is 1. The first-order valence-electron chi connectivity index (χ1n) is 8.21. The number of aromatic nitrogens is 1. The van der Waals surface area contributed by atoms with Gasteiger partial charge in [-0.25, -0.2) is 8.78 Å². The van der Waals surface area contributed by atoms with Gasteiger partial charge in [-0.3, -0.25) is 4.79 Å². The molecular weight excluding hydrogens is 322 g/mol. The van der Waals surface area contributed by atoms with Gasteiger partial charge in [-0.15, -0.1) is 0 Å². The Morgan fingerprint density at radius 3 is 2.56 bits per heavy atom. The van der Waals surface area contributed by atoms with Crippen LogP contribution in [-0.4, -0.2) is 16.8 Å². The van der Waals surface area contributed by atoms with Crippen LogP contribution in [0.15, 0.2) is 42.5 Å². The molecule has 25 heavy (non-hydrogen) atoms. The van der Waals surface area contributed by atoms with Gasteiger partial charge in [0, 0.05) is 39.8 Å². The van der Waals surface area contributed by atoms with Crippen LogP contribution < -0.4 is 5.32 Å². The smallest absolute Gasteiger partial charge is 0.181 e. The number of carbonyl (C=O) groups excluding carboxylic acids is 1. The fourth-order valence-corrected chi connectivity index (χ4v) is 3.20. The Morgan fingerprint density at radius 1 is 1.12 bits per heavy atom. The van der Waals surface area contributed by atoms with E-state index < -0.39 is 23.7 Å². The molecule has 0 aliphatic carbocycles. The zero-order valence-corrected chi connectivity index (χ0v) is 14.4. The molecular formula is C20H20F2N2O. The number of aryl methyl sites for hydroxylation is 1. The van der Waals surface area contributed by atoms with E-state index in [1.54, 1.807) is 13.8 Å². The number of benzene rings is 2. The number of fused-ring (bicyclic) bond motifs is 1. The summed E-state index contributed by atoms with van der Waals surface area (Å²) in [5, 5.41) is 3.98. The molecule has 0 saturated carbocycles. The summed E-state index contributed by atoms with van der Waals surface area (Å²) in [5.74, 6) is -1.31. The second kappa shape index (κ2) is 6.76. The fourth-order valence-electron chi connectivity index (χ4n) is 3.20. The van der Waals surface area contributed by atoms with E-state index in [1.165, 1.54) is 12.1 Å². The summed E-state index contributed by atoms with van der Waals surface area (Å²) >= 11 is 0. The summed E-state index contributed by atoms with van der Waals surface area (Å²) in [7, 11) is 0. The van der Waals surface area contributed by atoms with E-state index in [1.807, 2.05) is 31.2 Å². The van der Waals surface area contributed by atoms with Crippen LogP contribution in [0.3, 0.4) is 0 Å². The lowest BCUT2D eigenvalue weighted by molar-refractivity contribution is 0.0946. The Labute approximate surface area is 145 Å². The number of rotatable bonds is 5. The van der Waals surface area contributed by atoms with Crippen LogP contribution in [-0.2, 0) is 0 Å². The lowest BCUT2D eigenvalue weighted by atomic mass is 10.00. The van der Waals surface area contributed by atoms with Gasteiger partial charge in [0.2, 0.25) is 0 Å². The third-order valence-electron chi connectivity index (χ3n) is 4.46. The maximum Gasteiger partial charge on any atom is 0.181 e. The van der Waals surface area contributed by atoms with Gasteiger partial charge in [-0.2, -0.15) is 0 Å². The van der Waals surface area contributed by atoms with Crippen molar-refractivity contribution in [2.45, 2.75) is 32.9 Å². The average molecular weight is 342 g/mol. The zero-order valence-electron chi connectivity index (χ0n) is 14.4. The summed E-state index contributed by atoms with van der Waals surface area (Å²) in [6.07, 6.45) is 0. The van der Waals surface area contributed by atoms with Gasteiger partial charge in [0.05, 0.1) is 6.04 Å². The van der Waals surface area contributed by atoms with E-state index in [9.17, 15) is 13.6 Å². The topological polar surface area (TPSA) is 44.9 Å². The third kappa shape index (κ3) is 3.33. The second-order valence-corrected chi connectivity index (χ2v) is 6.31. The summed E-state index contributed by atoms with van der Waals surface area (Å²) in [6, 6.07) is 10.2. The summed E-state index contributed by atoms with van der Waals surface area (Å²) in [6.45, 7) is 5.37. The van der Waals surface area contributed by atoms with E-state index in [2.05, 4.69) is 10.3 Å². The summed E-state index contributed by atoms with van der Waals surface area (Å²) < 4.78 is 27.0. The molecule has 1 aromatic heterocycles. The summed E-state index contributed by atoms with van der Waals surface area (Å²) in [5.41, 5.74) is 2.69. The first-order chi connectivity index (χ1) is 11.9. The SMILES string of the molecule is Cc1[nH]c2ccccc2c1C(=O)[C@@H](C)N[C@@H](C)c1ccc(F)cc1F. The Balaban J connectivity index is 1.83. The molecule has 0 spiro atoms. The predicted octanol–water partition coefficient (Wildman–Crippen LogP) is 4.68. The van der Waals surface area contributed by atoms with Crippen LogP contribution in [0, 0.1) is 18.6 Å². The molecule has 2 atom stereocenters. The molecule has 0 fully saturated rings. The molecule has 3 rings (SSSR count). The Hall–Kier alpha value is -2.53. The highest BCUT2D eigenvalue weighted by molar-refractivity contribution is 6.11. The van der Waals surface area contributed by atoms with E-state index in [0.717, 1.165) is 22.7 Å². The highest BCUT2D eigenvalue weighted by Crippen LogP contribution is 2.24. The van der Waals surface area contributed by atoms with Gasteiger partial charge < -0.3 is 10.3 Å². The molecule has 3 nitrogen and oxygen atoms in total. The maximum absolute atomic E-state index is 13.9. The number of aromatic amines is 1. The first kappa shape index (κ1) is 17.3. The van der Waals surface area contributed by atoms with E-state index in [-0.39, 0.29) is 5.78 Å². The maximum atomic E-state index is 13.9. The molecule has 0 bridgehead atoms. The number of nitrogens with one attached hydrogen (secondary N) is 2. The van der Waals surface area contributed by atoms with Crippen LogP contribution in [0.2, 0.25) is 0 Å². The van der Waals surface area contributed by atoms with Crippen LogP contribution >= 0.6 is 0 Å². The number of carbonyl (C=O) groups is 1. The molecule has 3 aromatic rings. The lowest BCUT2D eigenvalue weighted by Gasteiger charge is -2.20. The molecule has 5 heteroatoms. The zero-order chi connectivity index (χ0) is 18.1. The van der Waals surface area contributed by atoms with Crippen molar-refractivity contribution >= 4 is 16.7 Å². The van der Waals surface area contributed by atoms with Gasteiger partial charge in [0.1, 0.15) is 11.6 Å².